The molecule has 0 fully saturated rings. The Morgan fingerprint density at radius 3 is 2.53 bits per heavy atom. The summed E-state index contributed by atoms with van der Waals surface area (Å²) in [7, 11) is 0. The molecule has 3 N–H and O–H groups in total. The first-order valence-corrected chi connectivity index (χ1v) is 7.08. The Labute approximate surface area is 107 Å². The molecule has 0 saturated carbocycles. The van der Waals surface area contributed by atoms with Crippen molar-refractivity contribution in [3.63, 3.8) is 0 Å². The first-order valence-electron chi connectivity index (χ1n) is 6.20. The number of thiophene rings is 1. The Balaban J connectivity index is 2.72. The maximum Gasteiger partial charge on any atom is 0.240 e. The fourth-order valence-corrected chi connectivity index (χ4v) is 2.60. The van der Waals surface area contributed by atoms with E-state index in [1.165, 1.54) is 4.88 Å². The van der Waals surface area contributed by atoms with Crippen LogP contribution >= 0.6 is 11.3 Å². The van der Waals surface area contributed by atoms with E-state index in [1.54, 1.807) is 11.3 Å². The number of hydrogen-bond acceptors (Lipinski definition) is 3. The third-order valence-electron chi connectivity index (χ3n) is 3.31. The van der Waals surface area contributed by atoms with E-state index in [9.17, 15) is 4.79 Å². The van der Waals surface area contributed by atoms with Crippen LogP contribution in [0.5, 0.6) is 0 Å². The Morgan fingerprint density at radius 2 is 2.12 bits per heavy atom. The predicted octanol–water partition coefficient (Wildman–Crippen LogP) is 2.83. The van der Waals surface area contributed by atoms with Crippen molar-refractivity contribution in [3.05, 3.63) is 22.4 Å². The van der Waals surface area contributed by atoms with E-state index in [0.717, 1.165) is 6.42 Å². The molecule has 0 aromatic carbocycles. The molecule has 0 aliphatic carbocycles. The third kappa shape index (κ3) is 3.30. The first kappa shape index (κ1) is 14.2. The van der Waals surface area contributed by atoms with E-state index in [1.807, 2.05) is 25.3 Å². The number of hydrogen-bond donors (Lipinski definition) is 2. The zero-order valence-corrected chi connectivity index (χ0v) is 11.6. The van der Waals surface area contributed by atoms with E-state index in [2.05, 4.69) is 18.3 Å². The summed E-state index contributed by atoms with van der Waals surface area (Å²) < 4.78 is 0. The Bertz CT molecular complexity index is 344. The van der Waals surface area contributed by atoms with Gasteiger partial charge in [0, 0.05) is 4.88 Å². The normalized spacial score (nSPS) is 13.4. The molecule has 0 radical (unpaired) electrons. The van der Waals surface area contributed by atoms with Gasteiger partial charge in [-0.3, -0.25) is 4.79 Å². The van der Waals surface area contributed by atoms with Crippen LogP contribution in [0.2, 0.25) is 0 Å². The summed E-state index contributed by atoms with van der Waals surface area (Å²) in [6.45, 7) is 5.98. The number of carbonyl (C=O) groups is 1. The highest BCUT2D eigenvalue weighted by atomic mass is 32.1. The number of nitrogens with two attached hydrogens (primary N) is 1. The smallest absolute Gasteiger partial charge is 0.240 e. The van der Waals surface area contributed by atoms with Gasteiger partial charge in [0.2, 0.25) is 5.91 Å². The molecule has 0 aliphatic rings. The molecule has 0 spiro atoms. The Kier molecular flexibility index (Phi) is 5.15. The quantitative estimate of drug-likeness (QED) is 0.820. The molecule has 3 nitrogen and oxygen atoms in total. The van der Waals surface area contributed by atoms with Crippen molar-refractivity contribution in [2.24, 2.45) is 5.73 Å². The fourth-order valence-electron chi connectivity index (χ4n) is 1.74. The van der Waals surface area contributed by atoms with Gasteiger partial charge in [-0.15, -0.1) is 11.3 Å². The molecule has 1 aromatic heterocycles. The van der Waals surface area contributed by atoms with E-state index in [-0.39, 0.29) is 11.9 Å². The van der Waals surface area contributed by atoms with Crippen molar-refractivity contribution in [1.29, 1.82) is 0 Å². The van der Waals surface area contributed by atoms with Gasteiger partial charge >= 0.3 is 0 Å². The van der Waals surface area contributed by atoms with Crippen LogP contribution < -0.4 is 11.1 Å². The molecule has 0 saturated heterocycles. The van der Waals surface area contributed by atoms with E-state index in [4.69, 9.17) is 5.73 Å². The van der Waals surface area contributed by atoms with Crippen molar-refractivity contribution in [2.45, 2.75) is 51.6 Å². The van der Waals surface area contributed by atoms with Gasteiger partial charge in [-0.2, -0.15) is 0 Å². The second kappa shape index (κ2) is 6.17. The lowest BCUT2D eigenvalue weighted by molar-refractivity contribution is -0.127. The molecule has 1 heterocycles. The maximum atomic E-state index is 12.2. The third-order valence-corrected chi connectivity index (χ3v) is 4.30. The lowest BCUT2D eigenvalue weighted by atomic mass is 9.92. The minimum Gasteiger partial charge on any atom is -0.347 e. The number of rotatable bonds is 6. The van der Waals surface area contributed by atoms with Gasteiger partial charge in [-0.1, -0.05) is 26.8 Å². The van der Waals surface area contributed by atoms with Crippen molar-refractivity contribution in [3.8, 4) is 0 Å². The highest BCUT2D eigenvalue weighted by Gasteiger charge is 2.31. The van der Waals surface area contributed by atoms with Gasteiger partial charge in [-0.25, -0.2) is 0 Å². The van der Waals surface area contributed by atoms with Crippen LogP contribution in [-0.2, 0) is 4.79 Å². The molecule has 17 heavy (non-hydrogen) atoms. The largest absolute Gasteiger partial charge is 0.347 e. The highest BCUT2D eigenvalue weighted by Crippen LogP contribution is 2.23. The van der Waals surface area contributed by atoms with Crippen LogP contribution in [0.1, 0.15) is 51.0 Å². The summed E-state index contributed by atoms with van der Waals surface area (Å²) in [5.41, 5.74) is 5.36. The SMILES string of the molecule is CCC(NC(=O)C(N)(CC)CC)c1cccs1. The molecule has 0 bridgehead atoms. The standard InChI is InChI=1S/C13H22N2OS/c1-4-10(11-8-7-9-17-11)15-12(16)13(14,5-2)6-3/h7-10H,4-6,14H2,1-3H3,(H,15,16). The maximum absolute atomic E-state index is 12.2. The van der Waals surface area contributed by atoms with Crippen molar-refractivity contribution < 1.29 is 4.79 Å². The zero-order valence-electron chi connectivity index (χ0n) is 10.8. The van der Waals surface area contributed by atoms with Crippen LogP contribution in [0.4, 0.5) is 0 Å². The molecule has 96 valence electrons. The van der Waals surface area contributed by atoms with Gasteiger partial charge in [0.15, 0.2) is 0 Å². The molecular formula is C13H22N2OS. The predicted molar refractivity (Wildman–Crippen MR) is 73.0 cm³/mol. The minimum absolute atomic E-state index is 0.0391. The van der Waals surface area contributed by atoms with Gasteiger partial charge in [0.25, 0.3) is 0 Å². The van der Waals surface area contributed by atoms with E-state index < -0.39 is 5.54 Å². The average Bonchev–Trinajstić information content (AvgIpc) is 2.88. The summed E-state index contributed by atoms with van der Waals surface area (Å²) in [5.74, 6) is -0.0391. The summed E-state index contributed by atoms with van der Waals surface area (Å²) in [6.07, 6.45) is 2.21. The van der Waals surface area contributed by atoms with Gasteiger partial charge in [-0.05, 0) is 30.7 Å². The molecule has 1 atom stereocenters. The Hall–Kier alpha value is -0.870. The van der Waals surface area contributed by atoms with Crippen LogP contribution in [0.3, 0.4) is 0 Å². The van der Waals surface area contributed by atoms with Crippen molar-refractivity contribution in [1.82, 2.24) is 5.32 Å². The van der Waals surface area contributed by atoms with Gasteiger partial charge in [0.05, 0.1) is 11.6 Å². The molecule has 1 amide bonds. The van der Waals surface area contributed by atoms with Crippen molar-refractivity contribution >= 4 is 17.2 Å². The summed E-state index contributed by atoms with van der Waals surface area (Å²) in [5, 5.41) is 5.09. The molecule has 1 aromatic rings. The second-order valence-corrected chi connectivity index (χ2v) is 5.29. The second-order valence-electron chi connectivity index (χ2n) is 4.31. The van der Waals surface area contributed by atoms with Crippen LogP contribution in [0.25, 0.3) is 0 Å². The van der Waals surface area contributed by atoms with Crippen LogP contribution in [-0.4, -0.2) is 11.4 Å². The number of amides is 1. The zero-order chi connectivity index (χ0) is 12.9. The molecule has 1 unspecified atom stereocenters. The monoisotopic (exact) mass is 254 g/mol. The average molecular weight is 254 g/mol. The summed E-state index contributed by atoms with van der Waals surface area (Å²) in [4.78, 5) is 13.4. The summed E-state index contributed by atoms with van der Waals surface area (Å²) >= 11 is 1.67. The van der Waals surface area contributed by atoms with Crippen LogP contribution in [0, 0.1) is 0 Å². The van der Waals surface area contributed by atoms with Crippen LogP contribution in [0.15, 0.2) is 17.5 Å². The summed E-state index contributed by atoms with van der Waals surface area (Å²) in [6, 6.07) is 4.14. The molecule has 4 heteroatoms. The number of carbonyl (C=O) groups excluding carboxylic acids is 1. The van der Waals surface area contributed by atoms with Gasteiger partial charge in [0.1, 0.15) is 0 Å². The minimum atomic E-state index is -0.731. The highest BCUT2D eigenvalue weighted by molar-refractivity contribution is 7.10. The molecule has 0 aliphatic heterocycles. The number of nitrogens with one attached hydrogen (secondary N) is 1. The fraction of sp³-hybridized carbons (Fsp3) is 0.615. The van der Waals surface area contributed by atoms with E-state index in [0.29, 0.717) is 12.8 Å². The van der Waals surface area contributed by atoms with E-state index >= 15 is 0 Å². The van der Waals surface area contributed by atoms with Gasteiger partial charge < -0.3 is 11.1 Å². The lowest BCUT2D eigenvalue weighted by Gasteiger charge is -2.28. The molecule has 1 rings (SSSR count). The lowest BCUT2D eigenvalue weighted by Crippen LogP contribution is -2.53. The Morgan fingerprint density at radius 1 is 1.47 bits per heavy atom. The molecular weight excluding hydrogens is 232 g/mol. The first-order chi connectivity index (χ1) is 8.07. The topological polar surface area (TPSA) is 55.1 Å². The van der Waals surface area contributed by atoms with Crippen molar-refractivity contribution in [2.75, 3.05) is 0 Å².